The van der Waals surface area contributed by atoms with Crippen LogP contribution in [0.15, 0.2) is 23.1 Å². The van der Waals surface area contributed by atoms with Crippen LogP contribution in [0.3, 0.4) is 0 Å². The first kappa shape index (κ1) is 14.8. The van der Waals surface area contributed by atoms with Gasteiger partial charge in [-0.2, -0.15) is 4.31 Å². The second-order valence-electron chi connectivity index (χ2n) is 6.00. The van der Waals surface area contributed by atoms with E-state index in [0.29, 0.717) is 18.0 Å². The fraction of sp³-hybridized carbons (Fsp3) is 0.600. The van der Waals surface area contributed by atoms with Crippen molar-refractivity contribution >= 4 is 10.0 Å². The monoisotopic (exact) mass is 310 g/mol. The molecule has 1 aromatic carbocycles. The lowest BCUT2D eigenvalue weighted by molar-refractivity contribution is 0.233. The number of piperazine rings is 1. The van der Waals surface area contributed by atoms with Gasteiger partial charge in [0.05, 0.1) is 4.90 Å². The van der Waals surface area contributed by atoms with Crippen LogP contribution in [-0.4, -0.2) is 44.0 Å². The van der Waals surface area contributed by atoms with Crippen molar-refractivity contribution in [1.82, 2.24) is 9.62 Å². The van der Waals surface area contributed by atoms with Gasteiger partial charge in [0.25, 0.3) is 0 Å². The first-order valence-corrected chi connectivity index (χ1v) is 8.88. The van der Waals surface area contributed by atoms with E-state index in [4.69, 9.17) is 4.74 Å². The van der Waals surface area contributed by atoms with E-state index < -0.39 is 10.0 Å². The number of nitrogens with zero attached hydrogens (tertiary/aromatic N) is 1. The van der Waals surface area contributed by atoms with E-state index >= 15 is 0 Å². The number of nitrogens with one attached hydrogen (secondary N) is 1. The van der Waals surface area contributed by atoms with Crippen molar-refractivity contribution in [3.8, 4) is 5.75 Å². The van der Waals surface area contributed by atoms with Crippen molar-refractivity contribution in [2.75, 3.05) is 13.1 Å². The molecule has 3 rings (SSSR count). The lowest BCUT2D eigenvalue weighted by Gasteiger charge is -2.37. The Labute approximate surface area is 126 Å². The zero-order valence-corrected chi connectivity index (χ0v) is 13.5. The SMILES string of the molecule is CC1Cc2cc(S(=O)(=O)N3CCNC(C)C3C)ccc2O1. The van der Waals surface area contributed by atoms with Gasteiger partial charge in [0, 0.05) is 31.6 Å². The van der Waals surface area contributed by atoms with Crippen molar-refractivity contribution in [2.24, 2.45) is 0 Å². The van der Waals surface area contributed by atoms with Crippen molar-refractivity contribution in [3.05, 3.63) is 23.8 Å². The molecule has 3 atom stereocenters. The Morgan fingerprint density at radius 1 is 1.29 bits per heavy atom. The molecule has 0 aliphatic carbocycles. The van der Waals surface area contributed by atoms with Gasteiger partial charge in [0.2, 0.25) is 10.0 Å². The second-order valence-corrected chi connectivity index (χ2v) is 7.89. The fourth-order valence-corrected chi connectivity index (χ4v) is 4.81. The zero-order chi connectivity index (χ0) is 15.2. The van der Waals surface area contributed by atoms with Crippen LogP contribution < -0.4 is 10.1 Å². The highest BCUT2D eigenvalue weighted by Crippen LogP contribution is 2.32. The number of hydrogen-bond acceptors (Lipinski definition) is 4. The molecule has 2 heterocycles. The quantitative estimate of drug-likeness (QED) is 0.896. The minimum Gasteiger partial charge on any atom is -0.490 e. The number of benzene rings is 1. The van der Waals surface area contributed by atoms with Crippen LogP contribution in [0, 0.1) is 0 Å². The average molecular weight is 310 g/mol. The maximum Gasteiger partial charge on any atom is 0.243 e. The minimum absolute atomic E-state index is 0.0489. The minimum atomic E-state index is -3.45. The topological polar surface area (TPSA) is 58.6 Å². The highest BCUT2D eigenvalue weighted by Gasteiger charge is 2.35. The number of fused-ring (bicyclic) bond motifs is 1. The molecule has 1 saturated heterocycles. The molecule has 0 bridgehead atoms. The molecule has 1 fully saturated rings. The zero-order valence-electron chi connectivity index (χ0n) is 12.7. The van der Waals surface area contributed by atoms with Crippen molar-refractivity contribution < 1.29 is 13.2 Å². The summed E-state index contributed by atoms with van der Waals surface area (Å²) in [7, 11) is -3.45. The Kier molecular flexibility index (Phi) is 3.71. The third-order valence-corrected chi connectivity index (χ3v) is 6.43. The molecule has 2 aliphatic rings. The summed E-state index contributed by atoms with van der Waals surface area (Å²) in [6.07, 6.45) is 0.891. The van der Waals surface area contributed by atoms with Gasteiger partial charge in [0.1, 0.15) is 11.9 Å². The summed E-state index contributed by atoms with van der Waals surface area (Å²) in [6.45, 7) is 7.17. The van der Waals surface area contributed by atoms with Crippen LogP contribution in [0.25, 0.3) is 0 Å². The van der Waals surface area contributed by atoms with Gasteiger partial charge >= 0.3 is 0 Å². The van der Waals surface area contributed by atoms with Gasteiger partial charge in [-0.15, -0.1) is 0 Å². The van der Waals surface area contributed by atoms with E-state index in [1.807, 2.05) is 20.8 Å². The van der Waals surface area contributed by atoms with Gasteiger partial charge in [-0.25, -0.2) is 8.42 Å². The maximum atomic E-state index is 12.9. The summed E-state index contributed by atoms with van der Waals surface area (Å²) in [6, 6.07) is 5.32. The van der Waals surface area contributed by atoms with Gasteiger partial charge in [0.15, 0.2) is 0 Å². The number of ether oxygens (including phenoxy) is 1. The Morgan fingerprint density at radius 3 is 2.81 bits per heavy atom. The molecule has 6 heteroatoms. The van der Waals surface area contributed by atoms with Gasteiger partial charge in [-0.1, -0.05) is 0 Å². The molecular formula is C15H22N2O3S. The van der Waals surface area contributed by atoms with Crippen molar-refractivity contribution in [1.29, 1.82) is 0 Å². The third kappa shape index (κ3) is 2.56. The molecule has 1 N–H and O–H groups in total. The van der Waals surface area contributed by atoms with Crippen LogP contribution in [0.5, 0.6) is 5.75 Å². The van der Waals surface area contributed by atoms with Gasteiger partial charge in [-0.05, 0) is 44.5 Å². The summed E-state index contributed by atoms with van der Waals surface area (Å²) in [5.41, 5.74) is 0.986. The highest BCUT2D eigenvalue weighted by molar-refractivity contribution is 7.89. The molecule has 21 heavy (non-hydrogen) atoms. The Bertz CT molecular complexity index is 644. The van der Waals surface area contributed by atoms with Crippen molar-refractivity contribution in [2.45, 2.75) is 50.3 Å². The number of rotatable bonds is 2. The molecule has 3 unspecified atom stereocenters. The molecule has 2 aliphatic heterocycles. The number of sulfonamides is 1. The molecule has 0 saturated carbocycles. The normalized spacial score (nSPS) is 30.0. The number of hydrogen-bond donors (Lipinski definition) is 1. The van der Waals surface area contributed by atoms with E-state index in [1.54, 1.807) is 22.5 Å². The molecule has 5 nitrogen and oxygen atoms in total. The third-order valence-electron chi connectivity index (χ3n) is 4.45. The predicted molar refractivity (Wildman–Crippen MR) is 81.1 cm³/mol. The van der Waals surface area contributed by atoms with Crippen LogP contribution >= 0.6 is 0 Å². The molecule has 116 valence electrons. The standard InChI is InChI=1S/C15H22N2O3S/c1-10-8-13-9-14(4-5-15(13)20-10)21(18,19)17-7-6-16-11(2)12(17)3/h4-5,9-12,16H,6-8H2,1-3H3. The van der Waals surface area contributed by atoms with Crippen LogP contribution in [0.2, 0.25) is 0 Å². The molecule has 0 spiro atoms. The van der Waals surface area contributed by atoms with Gasteiger partial charge < -0.3 is 10.1 Å². The summed E-state index contributed by atoms with van der Waals surface area (Å²) >= 11 is 0. The second kappa shape index (κ2) is 5.26. The molecule has 1 aromatic rings. The fourth-order valence-electron chi connectivity index (χ4n) is 3.06. The lowest BCUT2D eigenvalue weighted by atomic mass is 10.1. The van der Waals surface area contributed by atoms with E-state index in [2.05, 4.69) is 5.32 Å². The van der Waals surface area contributed by atoms with Crippen molar-refractivity contribution in [3.63, 3.8) is 0 Å². The van der Waals surface area contributed by atoms with Crippen LogP contribution in [0.1, 0.15) is 26.3 Å². The highest BCUT2D eigenvalue weighted by atomic mass is 32.2. The predicted octanol–water partition coefficient (Wildman–Crippen LogP) is 1.38. The first-order valence-electron chi connectivity index (χ1n) is 7.44. The molecule has 0 amide bonds. The summed E-state index contributed by atoms with van der Waals surface area (Å²) in [5, 5.41) is 3.31. The van der Waals surface area contributed by atoms with E-state index in [9.17, 15) is 8.42 Å². The largest absolute Gasteiger partial charge is 0.490 e. The summed E-state index contributed by atoms with van der Waals surface area (Å²) in [4.78, 5) is 0.375. The van der Waals surface area contributed by atoms with Crippen LogP contribution in [-0.2, 0) is 16.4 Å². The molecular weight excluding hydrogens is 288 g/mol. The van der Waals surface area contributed by atoms with E-state index in [1.165, 1.54) is 0 Å². The van der Waals surface area contributed by atoms with E-state index in [-0.39, 0.29) is 18.2 Å². The molecule has 0 radical (unpaired) electrons. The lowest BCUT2D eigenvalue weighted by Crippen LogP contribution is -2.57. The summed E-state index contributed by atoms with van der Waals surface area (Å²) in [5.74, 6) is 0.808. The van der Waals surface area contributed by atoms with Crippen LogP contribution in [0.4, 0.5) is 0 Å². The van der Waals surface area contributed by atoms with Gasteiger partial charge in [-0.3, -0.25) is 0 Å². The Morgan fingerprint density at radius 2 is 2.05 bits per heavy atom. The molecule has 0 aromatic heterocycles. The average Bonchev–Trinajstić information content (AvgIpc) is 2.80. The maximum absolute atomic E-state index is 12.9. The Balaban J connectivity index is 1.94. The smallest absolute Gasteiger partial charge is 0.243 e. The first-order chi connectivity index (χ1) is 9.89. The summed E-state index contributed by atoms with van der Waals surface area (Å²) < 4.78 is 33.0. The van der Waals surface area contributed by atoms with E-state index in [0.717, 1.165) is 17.7 Å². The Hall–Kier alpha value is -1.11.